The van der Waals surface area contributed by atoms with Crippen LogP contribution in [0.5, 0.6) is 0 Å². The second-order valence-corrected chi connectivity index (χ2v) is 8.51. The fourth-order valence-corrected chi connectivity index (χ4v) is 4.55. The van der Waals surface area contributed by atoms with Crippen molar-refractivity contribution in [2.24, 2.45) is 0 Å². The molecule has 0 aliphatic heterocycles. The zero-order valence-corrected chi connectivity index (χ0v) is 17.8. The molecule has 5 rings (SSSR count). The third kappa shape index (κ3) is 3.65. The summed E-state index contributed by atoms with van der Waals surface area (Å²) in [7, 11) is 0. The maximum atomic E-state index is 13.4. The summed E-state index contributed by atoms with van der Waals surface area (Å²) in [6.07, 6.45) is 0. The lowest BCUT2D eigenvalue weighted by atomic mass is 10.1. The van der Waals surface area contributed by atoms with Crippen molar-refractivity contribution in [3.8, 4) is 11.3 Å². The highest BCUT2D eigenvalue weighted by atomic mass is 32.1. The van der Waals surface area contributed by atoms with Gasteiger partial charge >= 0.3 is 0 Å². The number of nitrogens with zero attached hydrogens (tertiary/aromatic N) is 3. The lowest BCUT2D eigenvalue weighted by molar-refractivity contribution is -0.117. The average molecular weight is 444 g/mol. The van der Waals surface area contributed by atoms with Gasteiger partial charge in [0, 0.05) is 16.6 Å². The van der Waals surface area contributed by atoms with Crippen LogP contribution in [0.1, 0.15) is 5.01 Å². The van der Waals surface area contributed by atoms with Crippen LogP contribution >= 0.6 is 11.3 Å². The molecular weight excluding hydrogens is 427 g/mol. The quantitative estimate of drug-likeness (QED) is 0.434. The predicted molar refractivity (Wildman–Crippen MR) is 124 cm³/mol. The van der Waals surface area contributed by atoms with Gasteiger partial charge in [-0.25, -0.2) is 14.1 Å². The molecule has 0 aliphatic carbocycles. The number of benzene rings is 3. The molecule has 1 amide bonds. The first kappa shape index (κ1) is 20.0. The zero-order chi connectivity index (χ0) is 22.2. The Balaban J connectivity index is 1.54. The van der Waals surface area contributed by atoms with Crippen LogP contribution < -0.4 is 10.9 Å². The fraction of sp³-hybridized carbons (Fsp3) is 0.0833. The maximum Gasteiger partial charge on any atom is 0.294 e. The van der Waals surface area contributed by atoms with E-state index in [0.717, 1.165) is 15.5 Å². The number of halogens is 1. The lowest BCUT2D eigenvalue weighted by Crippen LogP contribution is -2.30. The summed E-state index contributed by atoms with van der Waals surface area (Å²) >= 11 is 1.34. The Kier molecular flexibility index (Phi) is 4.99. The first-order valence-electron chi connectivity index (χ1n) is 9.91. The minimum absolute atomic E-state index is 0.250. The van der Waals surface area contributed by atoms with Crippen LogP contribution in [0.15, 0.2) is 71.5 Å². The van der Waals surface area contributed by atoms with Crippen LogP contribution in [-0.2, 0) is 11.3 Å². The van der Waals surface area contributed by atoms with Gasteiger partial charge in [-0.05, 0) is 42.6 Å². The molecule has 5 aromatic rings. The summed E-state index contributed by atoms with van der Waals surface area (Å²) in [6, 6.07) is 19.2. The van der Waals surface area contributed by atoms with Gasteiger partial charge in [0.2, 0.25) is 5.91 Å². The number of rotatable bonds is 4. The molecule has 3 aromatic carbocycles. The van der Waals surface area contributed by atoms with E-state index in [9.17, 15) is 14.0 Å². The van der Waals surface area contributed by atoms with Crippen LogP contribution in [0.2, 0.25) is 0 Å². The molecule has 8 heteroatoms. The van der Waals surface area contributed by atoms with Gasteiger partial charge in [-0.1, -0.05) is 36.4 Å². The molecule has 0 saturated heterocycles. The van der Waals surface area contributed by atoms with Crippen molar-refractivity contribution in [1.29, 1.82) is 0 Å². The SMILES string of the molecule is Cc1nc2c(=O)n(CC(=O)Nc3cccc4ccccc34)nc(-c3ccc(F)cc3)c2s1. The Labute approximate surface area is 186 Å². The largest absolute Gasteiger partial charge is 0.324 e. The molecule has 0 atom stereocenters. The second kappa shape index (κ2) is 7.97. The first-order valence-corrected chi connectivity index (χ1v) is 10.7. The lowest BCUT2D eigenvalue weighted by Gasteiger charge is -2.11. The first-order chi connectivity index (χ1) is 15.5. The van der Waals surface area contributed by atoms with Gasteiger partial charge in [0.1, 0.15) is 18.1 Å². The van der Waals surface area contributed by atoms with E-state index in [1.807, 2.05) is 42.5 Å². The molecule has 158 valence electrons. The van der Waals surface area contributed by atoms with E-state index in [1.54, 1.807) is 19.1 Å². The van der Waals surface area contributed by atoms with Crippen LogP contribution in [0, 0.1) is 12.7 Å². The number of hydrogen-bond donors (Lipinski definition) is 1. The number of amides is 1. The standard InChI is InChI=1S/C24H17FN4O2S/c1-14-26-22-23(32-14)21(16-9-11-17(25)12-10-16)28-29(24(22)31)13-20(30)27-19-8-4-6-15-5-2-3-7-18(15)19/h2-12H,13H2,1H3,(H,27,30). The number of nitrogens with one attached hydrogen (secondary N) is 1. The van der Waals surface area contributed by atoms with Gasteiger partial charge in [-0.15, -0.1) is 11.3 Å². The average Bonchev–Trinajstić information content (AvgIpc) is 3.18. The molecule has 2 aromatic heterocycles. The number of aromatic nitrogens is 3. The molecular formula is C24H17FN4O2S. The monoisotopic (exact) mass is 444 g/mol. The van der Waals surface area contributed by atoms with Gasteiger partial charge in [-0.2, -0.15) is 5.10 Å². The van der Waals surface area contributed by atoms with Crippen molar-refractivity contribution in [3.63, 3.8) is 0 Å². The normalized spacial score (nSPS) is 11.2. The van der Waals surface area contributed by atoms with E-state index < -0.39 is 5.56 Å². The topological polar surface area (TPSA) is 76.9 Å². The highest BCUT2D eigenvalue weighted by Gasteiger charge is 2.18. The van der Waals surface area contributed by atoms with Crippen molar-refractivity contribution in [2.75, 3.05) is 5.32 Å². The van der Waals surface area contributed by atoms with Gasteiger partial charge in [0.25, 0.3) is 5.56 Å². The second-order valence-electron chi connectivity index (χ2n) is 7.30. The molecule has 0 fully saturated rings. The van der Waals surface area contributed by atoms with Crippen LogP contribution in [0.4, 0.5) is 10.1 Å². The molecule has 0 radical (unpaired) electrons. The molecule has 0 spiro atoms. The van der Waals surface area contributed by atoms with Gasteiger partial charge in [-0.3, -0.25) is 9.59 Å². The summed E-state index contributed by atoms with van der Waals surface area (Å²) in [5.74, 6) is -0.749. The number of thiazole rings is 1. The highest BCUT2D eigenvalue weighted by Crippen LogP contribution is 2.29. The summed E-state index contributed by atoms with van der Waals surface area (Å²) in [5.41, 5.74) is 1.60. The van der Waals surface area contributed by atoms with E-state index in [4.69, 9.17) is 0 Å². The van der Waals surface area contributed by atoms with E-state index in [0.29, 0.717) is 26.7 Å². The van der Waals surface area contributed by atoms with E-state index in [1.165, 1.54) is 23.5 Å². The van der Waals surface area contributed by atoms with Crippen molar-refractivity contribution >= 4 is 43.9 Å². The van der Waals surface area contributed by atoms with Crippen LogP contribution in [0.3, 0.4) is 0 Å². The van der Waals surface area contributed by atoms with Gasteiger partial charge in [0.15, 0.2) is 5.52 Å². The Hall–Kier alpha value is -3.91. The number of hydrogen-bond acceptors (Lipinski definition) is 5. The van der Waals surface area contributed by atoms with E-state index in [-0.39, 0.29) is 23.8 Å². The van der Waals surface area contributed by atoms with E-state index >= 15 is 0 Å². The van der Waals surface area contributed by atoms with Crippen molar-refractivity contribution in [1.82, 2.24) is 14.8 Å². The number of fused-ring (bicyclic) bond motifs is 2. The summed E-state index contributed by atoms with van der Waals surface area (Å²) in [6.45, 7) is 1.53. The Morgan fingerprint density at radius 2 is 1.81 bits per heavy atom. The molecule has 0 bridgehead atoms. The molecule has 2 heterocycles. The summed E-state index contributed by atoms with van der Waals surface area (Å²) in [4.78, 5) is 30.2. The molecule has 32 heavy (non-hydrogen) atoms. The van der Waals surface area contributed by atoms with Crippen molar-refractivity contribution in [2.45, 2.75) is 13.5 Å². The maximum absolute atomic E-state index is 13.4. The summed E-state index contributed by atoms with van der Waals surface area (Å²) in [5, 5.41) is 9.93. The minimum atomic E-state index is -0.441. The Morgan fingerprint density at radius 3 is 2.62 bits per heavy atom. The van der Waals surface area contributed by atoms with Crippen molar-refractivity contribution < 1.29 is 9.18 Å². The van der Waals surface area contributed by atoms with Crippen molar-refractivity contribution in [3.05, 3.63) is 87.9 Å². The van der Waals surface area contributed by atoms with Gasteiger partial charge in [0.05, 0.1) is 9.71 Å². The fourth-order valence-electron chi connectivity index (χ4n) is 3.63. The number of anilines is 1. The molecule has 1 N–H and O–H groups in total. The predicted octanol–water partition coefficient (Wildman–Crippen LogP) is 4.76. The Bertz CT molecular complexity index is 1530. The van der Waals surface area contributed by atoms with Gasteiger partial charge < -0.3 is 5.32 Å². The highest BCUT2D eigenvalue weighted by molar-refractivity contribution is 7.19. The zero-order valence-electron chi connectivity index (χ0n) is 17.0. The smallest absolute Gasteiger partial charge is 0.294 e. The van der Waals surface area contributed by atoms with E-state index in [2.05, 4.69) is 15.4 Å². The number of carbonyl (C=O) groups is 1. The summed E-state index contributed by atoms with van der Waals surface area (Å²) < 4.78 is 15.1. The minimum Gasteiger partial charge on any atom is -0.324 e. The number of carbonyl (C=O) groups excluding carboxylic acids is 1. The molecule has 0 saturated carbocycles. The van der Waals surface area contributed by atoms with Crippen LogP contribution in [-0.4, -0.2) is 20.7 Å². The molecule has 0 aliphatic rings. The third-order valence-electron chi connectivity index (χ3n) is 5.08. The molecule has 0 unspecified atom stereocenters. The third-order valence-corrected chi connectivity index (χ3v) is 6.06. The van der Waals surface area contributed by atoms with Crippen LogP contribution in [0.25, 0.3) is 32.2 Å². The molecule has 6 nitrogen and oxygen atoms in total. The Morgan fingerprint density at radius 1 is 1.06 bits per heavy atom. The number of aryl methyl sites for hydroxylation is 1.